The van der Waals surface area contributed by atoms with Crippen LogP contribution in [0.2, 0.25) is 0 Å². The van der Waals surface area contributed by atoms with Gasteiger partial charge in [-0.2, -0.15) is 0 Å². The monoisotopic (exact) mass is 344 g/mol. The Morgan fingerprint density at radius 1 is 1.24 bits per heavy atom. The van der Waals surface area contributed by atoms with Crippen molar-refractivity contribution < 1.29 is 18.7 Å². The minimum absolute atomic E-state index is 0.191. The molecule has 0 radical (unpaired) electrons. The highest BCUT2D eigenvalue weighted by atomic mass is 16.6. The summed E-state index contributed by atoms with van der Waals surface area (Å²) in [4.78, 5) is 24.4. The third-order valence-corrected chi connectivity index (χ3v) is 4.60. The summed E-state index contributed by atoms with van der Waals surface area (Å²) in [6.07, 6.45) is 2.29. The van der Waals surface area contributed by atoms with Crippen molar-refractivity contribution in [2.75, 3.05) is 0 Å². The Kier molecular flexibility index (Phi) is 4.84. The molecule has 1 aromatic heterocycles. The quantitative estimate of drug-likeness (QED) is 0.611. The Labute approximate surface area is 146 Å². The Hall–Kier alpha value is -2.30. The van der Waals surface area contributed by atoms with E-state index in [4.69, 9.17) is 13.9 Å². The van der Waals surface area contributed by atoms with E-state index < -0.39 is 6.10 Å². The summed E-state index contributed by atoms with van der Waals surface area (Å²) < 4.78 is 16.7. The summed E-state index contributed by atoms with van der Waals surface area (Å²) in [5.74, 6) is 0.161. The van der Waals surface area contributed by atoms with Gasteiger partial charge in [-0.05, 0) is 64.2 Å². The molecule has 1 aromatic carbocycles. The van der Waals surface area contributed by atoms with Crippen LogP contribution in [0.15, 0.2) is 21.3 Å². The van der Waals surface area contributed by atoms with Crippen LogP contribution in [-0.2, 0) is 22.4 Å². The largest absolute Gasteiger partial charge is 0.478 e. The zero-order valence-corrected chi connectivity index (χ0v) is 15.2. The molecular weight excluding hydrogens is 320 g/mol. The molecule has 0 N–H and O–H groups in total. The van der Waals surface area contributed by atoms with Crippen LogP contribution in [0, 0.1) is 6.92 Å². The van der Waals surface area contributed by atoms with Crippen molar-refractivity contribution in [2.24, 2.45) is 0 Å². The van der Waals surface area contributed by atoms with Gasteiger partial charge in [0.25, 0.3) is 0 Å². The topological polar surface area (TPSA) is 65.7 Å². The van der Waals surface area contributed by atoms with Crippen molar-refractivity contribution in [1.29, 1.82) is 0 Å². The van der Waals surface area contributed by atoms with Gasteiger partial charge < -0.3 is 13.9 Å². The van der Waals surface area contributed by atoms with Crippen LogP contribution in [0.3, 0.4) is 0 Å². The Morgan fingerprint density at radius 2 is 1.96 bits per heavy atom. The van der Waals surface area contributed by atoms with E-state index >= 15 is 0 Å². The first kappa shape index (κ1) is 17.5. The van der Waals surface area contributed by atoms with Crippen LogP contribution < -0.4 is 10.4 Å². The first-order valence-corrected chi connectivity index (χ1v) is 8.87. The van der Waals surface area contributed by atoms with Crippen molar-refractivity contribution in [3.05, 3.63) is 39.2 Å². The highest BCUT2D eigenvalue weighted by Gasteiger charge is 2.24. The molecule has 5 heteroatoms. The summed E-state index contributed by atoms with van der Waals surface area (Å²) >= 11 is 0. The van der Waals surface area contributed by atoms with Gasteiger partial charge >= 0.3 is 11.6 Å². The second kappa shape index (κ2) is 6.90. The number of aryl methyl sites for hydroxylation is 2. The average Bonchev–Trinajstić information content (AvgIpc) is 3.05. The number of carbonyl (C=O) groups excluding carboxylic acids is 1. The summed E-state index contributed by atoms with van der Waals surface area (Å²) in [5.41, 5.74) is 2.92. The van der Waals surface area contributed by atoms with Crippen molar-refractivity contribution in [2.45, 2.75) is 65.6 Å². The third-order valence-electron chi connectivity index (χ3n) is 4.60. The molecular formula is C20H24O5. The molecule has 0 spiro atoms. The highest BCUT2D eigenvalue weighted by Crippen LogP contribution is 2.33. The van der Waals surface area contributed by atoms with Crippen molar-refractivity contribution in [3.8, 4) is 5.75 Å². The van der Waals surface area contributed by atoms with Gasteiger partial charge in [0.15, 0.2) is 6.10 Å². The highest BCUT2D eigenvalue weighted by molar-refractivity contribution is 5.86. The maximum atomic E-state index is 12.2. The van der Waals surface area contributed by atoms with Gasteiger partial charge in [0.05, 0.1) is 6.10 Å². The predicted molar refractivity (Wildman–Crippen MR) is 95.2 cm³/mol. The molecule has 0 saturated heterocycles. The van der Waals surface area contributed by atoms with Gasteiger partial charge in [-0.15, -0.1) is 0 Å². The SMILES string of the molecule is CCC(Oc1ccc2c3c(c(=O)oc2c1C)CCC3)C(=O)OC(C)C. The van der Waals surface area contributed by atoms with Crippen molar-refractivity contribution >= 4 is 16.9 Å². The molecule has 2 aromatic rings. The van der Waals surface area contributed by atoms with E-state index in [-0.39, 0.29) is 17.7 Å². The lowest BCUT2D eigenvalue weighted by Gasteiger charge is -2.19. The predicted octanol–water partition coefficient (Wildman–Crippen LogP) is 3.70. The molecule has 5 nitrogen and oxygen atoms in total. The van der Waals surface area contributed by atoms with Crippen LogP contribution in [0.4, 0.5) is 0 Å². The number of hydrogen-bond donors (Lipinski definition) is 0. The molecule has 25 heavy (non-hydrogen) atoms. The fraction of sp³-hybridized carbons (Fsp3) is 0.500. The van der Waals surface area contributed by atoms with Gasteiger partial charge in [0.2, 0.25) is 0 Å². The van der Waals surface area contributed by atoms with E-state index in [9.17, 15) is 9.59 Å². The molecule has 1 aliphatic rings. The van der Waals surface area contributed by atoms with Gasteiger partial charge in [0.1, 0.15) is 11.3 Å². The third kappa shape index (κ3) is 3.28. The summed E-state index contributed by atoms with van der Waals surface area (Å²) in [5, 5.41) is 0.967. The lowest BCUT2D eigenvalue weighted by atomic mass is 10.0. The number of esters is 1. The molecule has 0 fully saturated rings. The van der Waals surface area contributed by atoms with Crippen molar-refractivity contribution in [1.82, 2.24) is 0 Å². The molecule has 1 unspecified atom stereocenters. The van der Waals surface area contributed by atoms with Crippen LogP contribution in [-0.4, -0.2) is 18.2 Å². The van der Waals surface area contributed by atoms with E-state index in [0.717, 1.165) is 41.3 Å². The summed E-state index contributed by atoms with van der Waals surface area (Å²) in [6, 6.07) is 3.77. The molecule has 0 amide bonds. The Balaban J connectivity index is 1.98. The fourth-order valence-electron chi connectivity index (χ4n) is 3.35. The van der Waals surface area contributed by atoms with E-state index in [0.29, 0.717) is 17.8 Å². The summed E-state index contributed by atoms with van der Waals surface area (Å²) in [7, 11) is 0. The zero-order chi connectivity index (χ0) is 18.1. The van der Waals surface area contributed by atoms with Gasteiger partial charge in [-0.1, -0.05) is 6.92 Å². The molecule has 1 atom stereocenters. The normalized spacial score (nSPS) is 14.6. The molecule has 0 saturated carbocycles. The van der Waals surface area contributed by atoms with Crippen molar-refractivity contribution in [3.63, 3.8) is 0 Å². The van der Waals surface area contributed by atoms with Gasteiger partial charge in [0, 0.05) is 16.5 Å². The molecule has 0 aliphatic heterocycles. The fourth-order valence-corrected chi connectivity index (χ4v) is 3.35. The van der Waals surface area contributed by atoms with E-state index in [2.05, 4.69) is 0 Å². The van der Waals surface area contributed by atoms with Gasteiger partial charge in [-0.25, -0.2) is 9.59 Å². The minimum Gasteiger partial charge on any atom is -0.478 e. The first-order valence-electron chi connectivity index (χ1n) is 8.87. The molecule has 0 bridgehead atoms. The number of rotatable bonds is 5. The lowest BCUT2D eigenvalue weighted by Crippen LogP contribution is -2.30. The summed E-state index contributed by atoms with van der Waals surface area (Å²) in [6.45, 7) is 7.33. The number of ether oxygens (including phenoxy) is 2. The van der Waals surface area contributed by atoms with Crippen LogP contribution >= 0.6 is 0 Å². The van der Waals surface area contributed by atoms with Crippen LogP contribution in [0.5, 0.6) is 5.75 Å². The second-order valence-electron chi connectivity index (χ2n) is 6.77. The first-order chi connectivity index (χ1) is 11.9. The van der Waals surface area contributed by atoms with Gasteiger partial charge in [-0.3, -0.25) is 0 Å². The second-order valence-corrected chi connectivity index (χ2v) is 6.77. The average molecular weight is 344 g/mol. The molecule has 1 heterocycles. The Morgan fingerprint density at radius 3 is 2.64 bits per heavy atom. The Bertz CT molecular complexity index is 862. The van der Waals surface area contributed by atoms with E-state index in [1.807, 2.05) is 26.0 Å². The molecule has 1 aliphatic carbocycles. The lowest BCUT2D eigenvalue weighted by molar-refractivity contribution is -0.155. The maximum absolute atomic E-state index is 12.2. The standard InChI is InChI=1S/C20H24O5/c1-5-16(20(22)23-11(2)3)24-17-10-9-14-13-7-6-8-15(13)19(21)25-18(14)12(17)4/h9-11,16H,5-8H2,1-4H3. The van der Waals surface area contributed by atoms with Crippen LogP contribution in [0.25, 0.3) is 11.0 Å². The molecule has 134 valence electrons. The van der Waals surface area contributed by atoms with E-state index in [1.54, 1.807) is 13.8 Å². The minimum atomic E-state index is -0.681. The maximum Gasteiger partial charge on any atom is 0.347 e. The molecule has 3 rings (SSSR count). The zero-order valence-electron chi connectivity index (χ0n) is 15.2. The number of carbonyl (C=O) groups is 1. The smallest absolute Gasteiger partial charge is 0.347 e. The number of fused-ring (bicyclic) bond motifs is 3. The van der Waals surface area contributed by atoms with E-state index in [1.165, 1.54) is 0 Å². The number of hydrogen-bond acceptors (Lipinski definition) is 5. The van der Waals surface area contributed by atoms with Crippen LogP contribution in [0.1, 0.15) is 50.3 Å². The number of benzene rings is 1.